The number of ether oxygens (including phenoxy) is 1. The first-order valence-electron chi connectivity index (χ1n) is 11.9. The normalized spacial score (nSPS) is 16.6. The molecule has 0 bridgehead atoms. The van der Waals surface area contributed by atoms with E-state index in [1.807, 2.05) is 31.2 Å². The van der Waals surface area contributed by atoms with Gasteiger partial charge in [0, 0.05) is 21.4 Å². The Morgan fingerprint density at radius 3 is 2.44 bits per heavy atom. The lowest BCUT2D eigenvalue weighted by Crippen LogP contribution is -2.29. The van der Waals surface area contributed by atoms with Crippen molar-refractivity contribution in [3.63, 3.8) is 0 Å². The molecule has 39 heavy (non-hydrogen) atoms. The fraction of sp³-hybridized carbons (Fsp3) is 0.143. The molecule has 1 atom stereocenters. The predicted octanol–water partition coefficient (Wildman–Crippen LogP) is 7.16. The Balaban J connectivity index is 1.54. The minimum absolute atomic E-state index is 0.0491. The predicted molar refractivity (Wildman–Crippen MR) is 155 cm³/mol. The summed E-state index contributed by atoms with van der Waals surface area (Å²) in [6.45, 7) is 2.37. The number of aliphatic hydroxyl groups is 1. The molecule has 1 aromatic heterocycles. The molecule has 2 heterocycles. The number of nitrogens with zero attached hydrogens (tertiary/aromatic N) is 3. The highest BCUT2D eigenvalue weighted by atomic mass is 35.5. The quantitative estimate of drug-likeness (QED) is 0.0756. The molecule has 0 aliphatic carbocycles. The minimum Gasteiger partial charge on any atom is -0.507 e. The van der Waals surface area contributed by atoms with Crippen molar-refractivity contribution in [3.8, 4) is 5.75 Å². The summed E-state index contributed by atoms with van der Waals surface area (Å²) in [6, 6.07) is 20.0. The molecule has 3 aromatic carbocycles. The summed E-state index contributed by atoms with van der Waals surface area (Å²) in [5, 5.41) is 21.1. The van der Waals surface area contributed by atoms with E-state index >= 15 is 0 Å². The van der Waals surface area contributed by atoms with Gasteiger partial charge in [-0.05, 0) is 60.5 Å². The van der Waals surface area contributed by atoms with Crippen molar-refractivity contribution < 1.29 is 19.4 Å². The molecule has 5 rings (SSSR count). The van der Waals surface area contributed by atoms with Gasteiger partial charge in [0.15, 0.2) is 4.34 Å². The SMILES string of the molecule is CCOc1ccc(C2/C(=C(/O)c3ccc(Cl)cc3)C(=O)C(=O)N2c2nnc(SCc3ccccc3Cl)s2)cc1. The number of hydrogen-bond donors (Lipinski definition) is 1. The number of ketones is 1. The molecule has 1 aliphatic heterocycles. The van der Waals surface area contributed by atoms with Crippen LogP contribution in [0.3, 0.4) is 0 Å². The van der Waals surface area contributed by atoms with Crippen molar-refractivity contribution in [1.29, 1.82) is 0 Å². The third-order valence-corrected chi connectivity index (χ3v) is 8.71. The van der Waals surface area contributed by atoms with E-state index in [1.165, 1.54) is 28.0 Å². The molecule has 0 spiro atoms. The lowest BCUT2D eigenvalue weighted by Gasteiger charge is -2.22. The van der Waals surface area contributed by atoms with Crippen LogP contribution in [-0.4, -0.2) is 33.6 Å². The number of carbonyl (C=O) groups excluding carboxylic acids is 2. The summed E-state index contributed by atoms with van der Waals surface area (Å²) in [5.41, 5.74) is 1.86. The molecule has 1 aliphatic rings. The fourth-order valence-corrected chi connectivity index (χ4v) is 6.41. The van der Waals surface area contributed by atoms with Crippen LogP contribution in [0.4, 0.5) is 5.13 Å². The summed E-state index contributed by atoms with van der Waals surface area (Å²) in [6.07, 6.45) is 0. The lowest BCUT2D eigenvalue weighted by atomic mass is 9.95. The number of rotatable bonds is 8. The number of halogens is 2. The first-order chi connectivity index (χ1) is 18.9. The van der Waals surface area contributed by atoms with Gasteiger partial charge in [-0.3, -0.25) is 14.5 Å². The Morgan fingerprint density at radius 1 is 1.03 bits per heavy atom. The number of thioether (sulfide) groups is 1. The number of Topliss-reactive ketones (excluding diaryl/α,β-unsaturated/α-hetero) is 1. The van der Waals surface area contributed by atoms with Crippen molar-refractivity contribution in [3.05, 3.63) is 105 Å². The Morgan fingerprint density at radius 2 is 1.74 bits per heavy atom. The summed E-state index contributed by atoms with van der Waals surface area (Å²) in [5.74, 6) is -0.717. The van der Waals surface area contributed by atoms with E-state index in [0.29, 0.717) is 43.6 Å². The van der Waals surface area contributed by atoms with Gasteiger partial charge in [-0.15, -0.1) is 10.2 Å². The summed E-state index contributed by atoms with van der Waals surface area (Å²) >= 11 is 14.9. The van der Waals surface area contributed by atoms with Gasteiger partial charge < -0.3 is 9.84 Å². The van der Waals surface area contributed by atoms with Gasteiger partial charge in [-0.25, -0.2) is 0 Å². The Labute approximate surface area is 243 Å². The van der Waals surface area contributed by atoms with Crippen LogP contribution in [0, 0.1) is 0 Å². The van der Waals surface area contributed by atoms with Gasteiger partial charge in [0.05, 0.1) is 18.2 Å². The maximum atomic E-state index is 13.4. The van der Waals surface area contributed by atoms with Crippen LogP contribution in [0.5, 0.6) is 5.75 Å². The van der Waals surface area contributed by atoms with Crippen LogP contribution in [0.25, 0.3) is 5.76 Å². The monoisotopic (exact) mass is 597 g/mol. The number of aliphatic hydroxyl groups excluding tert-OH is 1. The van der Waals surface area contributed by atoms with Gasteiger partial charge in [0.25, 0.3) is 5.78 Å². The van der Waals surface area contributed by atoms with Crippen LogP contribution in [0.15, 0.2) is 82.7 Å². The van der Waals surface area contributed by atoms with Gasteiger partial charge in [0.2, 0.25) is 5.13 Å². The van der Waals surface area contributed by atoms with E-state index in [1.54, 1.807) is 48.5 Å². The molecule has 1 saturated heterocycles. The van der Waals surface area contributed by atoms with Crippen LogP contribution in [0.2, 0.25) is 10.0 Å². The maximum Gasteiger partial charge on any atom is 0.301 e. The Kier molecular flexibility index (Phi) is 8.23. The molecular formula is C28H21Cl2N3O4S2. The van der Waals surface area contributed by atoms with E-state index < -0.39 is 17.7 Å². The second kappa shape index (κ2) is 11.8. The topological polar surface area (TPSA) is 92.6 Å². The molecule has 1 fully saturated rings. The van der Waals surface area contributed by atoms with Crippen LogP contribution in [0.1, 0.15) is 29.7 Å². The Hall–Kier alpha value is -3.37. The van der Waals surface area contributed by atoms with E-state index in [9.17, 15) is 14.7 Å². The molecule has 7 nitrogen and oxygen atoms in total. The zero-order chi connectivity index (χ0) is 27.5. The summed E-state index contributed by atoms with van der Waals surface area (Å²) in [7, 11) is 0. The van der Waals surface area contributed by atoms with Crippen molar-refractivity contribution in [2.75, 3.05) is 11.5 Å². The zero-order valence-corrected chi connectivity index (χ0v) is 23.7. The molecule has 1 amide bonds. The molecule has 0 radical (unpaired) electrons. The van der Waals surface area contributed by atoms with Crippen molar-refractivity contribution in [1.82, 2.24) is 10.2 Å². The molecule has 0 saturated carbocycles. The maximum absolute atomic E-state index is 13.4. The molecule has 198 valence electrons. The van der Waals surface area contributed by atoms with Gasteiger partial charge >= 0.3 is 5.91 Å². The first-order valence-corrected chi connectivity index (χ1v) is 14.4. The second-order valence-corrected chi connectivity index (χ2v) is 11.4. The standard InChI is InChI=1S/C28H21Cl2N3O4S2/c1-2-37-20-13-9-16(10-14-20)23-22(24(34)17-7-11-19(29)12-8-17)25(35)26(36)33(23)27-31-32-28(39-27)38-15-18-5-3-4-6-21(18)30/h3-14,23,34H,2,15H2,1H3/b24-22-. The lowest BCUT2D eigenvalue weighted by molar-refractivity contribution is -0.132. The number of aromatic nitrogens is 2. The van der Waals surface area contributed by atoms with Crippen molar-refractivity contribution in [2.45, 2.75) is 23.1 Å². The van der Waals surface area contributed by atoms with Crippen LogP contribution in [-0.2, 0) is 15.3 Å². The Bertz CT molecular complexity index is 1560. The molecular weight excluding hydrogens is 577 g/mol. The third kappa shape index (κ3) is 5.67. The third-order valence-electron chi connectivity index (χ3n) is 5.98. The average molecular weight is 599 g/mol. The number of anilines is 1. The van der Waals surface area contributed by atoms with Gasteiger partial charge in [-0.2, -0.15) is 0 Å². The van der Waals surface area contributed by atoms with E-state index in [2.05, 4.69) is 10.2 Å². The summed E-state index contributed by atoms with van der Waals surface area (Å²) < 4.78 is 6.16. The van der Waals surface area contributed by atoms with Gasteiger partial charge in [0.1, 0.15) is 11.5 Å². The van der Waals surface area contributed by atoms with E-state index in [0.717, 1.165) is 5.56 Å². The highest BCUT2D eigenvalue weighted by Crippen LogP contribution is 2.44. The highest BCUT2D eigenvalue weighted by Gasteiger charge is 2.48. The number of benzene rings is 3. The van der Waals surface area contributed by atoms with E-state index in [-0.39, 0.29) is 16.5 Å². The first kappa shape index (κ1) is 27.2. The average Bonchev–Trinajstić information content (AvgIpc) is 3.51. The molecule has 1 unspecified atom stereocenters. The van der Waals surface area contributed by atoms with Crippen LogP contribution >= 0.6 is 46.3 Å². The number of carbonyl (C=O) groups is 2. The van der Waals surface area contributed by atoms with Crippen molar-refractivity contribution in [2.24, 2.45) is 0 Å². The number of hydrogen-bond acceptors (Lipinski definition) is 8. The highest BCUT2D eigenvalue weighted by molar-refractivity contribution is 8.00. The molecule has 11 heteroatoms. The van der Waals surface area contributed by atoms with Gasteiger partial charge in [-0.1, -0.05) is 76.6 Å². The zero-order valence-electron chi connectivity index (χ0n) is 20.5. The molecule has 1 N–H and O–H groups in total. The van der Waals surface area contributed by atoms with Crippen LogP contribution < -0.4 is 9.64 Å². The minimum atomic E-state index is -0.925. The molecule has 4 aromatic rings. The second-order valence-electron chi connectivity index (χ2n) is 8.41. The fourth-order valence-electron chi connectivity index (χ4n) is 4.13. The smallest absolute Gasteiger partial charge is 0.301 e. The van der Waals surface area contributed by atoms with Crippen molar-refractivity contribution >= 4 is 68.9 Å². The largest absolute Gasteiger partial charge is 0.507 e. The van der Waals surface area contributed by atoms with E-state index in [4.69, 9.17) is 27.9 Å². The number of amides is 1. The summed E-state index contributed by atoms with van der Waals surface area (Å²) in [4.78, 5) is 28.0.